The number of aromatic carboxylic acids is 1. The number of rotatable bonds is 4. The Morgan fingerprint density at radius 3 is 2.75 bits per heavy atom. The van der Waals surface area contributed by atoms with Crippen molar-refractivity contribution >= 4 is 16.9 Å². The zero-order valence-electron chi connectivity index (χ0n) is 11.4. The molecule has 1 aliphatic rings. The Balaban J connectivity index is 1.99. The van der Waals surface area contributed by atoms with E-state index in [9.17, 15) is 4.79 Å². The van der Waals surface area contributed by atoms with Crippen LogP contribution in [0.1, 0.15) is 29.0 Å². The van der Waals surface area contributed by atoms with Gasteiger partial charge >= 0.3 is 5.97 Å². The van der Waals surface area contributed by atoms with Crippen molar-refractivity contribution in [3.05, 3.63) is 29.5 Å². The molecule has 2 aromatic rings. The van der Waals surface area contributed by atoms with Crippen LogP contribution in [0.25, 0.3) is 11.0 Å². The van der Waals surface area contributed by atoms with Crippen molar-refractivity contribution in [2.24, 2.45) is 0 Å². The van der Waals surface area contributed by atoms with Crippen LogP contribution >= 0.6 is 0 Å². The molecule has 0 saturated carbocycles. The summed E-state index contributed by atoms with van der Waals surface area (Å²) in [7, 11) is 1.57. The molecule has 0 bridgehead atoms. The van der Waals surface area contributed by atoms with Crippen LogP contribution in [0.5, 0.6) is 5.75 Å². The average Bonchev–Trinajstić information content (AvgIpc) is 3.06. The molecule has 0 radical (unpaired) electrons. The fourth-order valence-electron chi connectivity index (χ4n) is 2.73. The van der Waals surface area contributed by atoms with Crippen molar-refractivity contribution in [3.63, 3.8) is 0 Å². The van der Waals surface area contributed by atoms with Gasteiger partial charge in [-0.25, -0.2) is 4.79 Å². The number of benzene rings is 1. The summed E-state index contributed by atoms with van der Waals surface area (Å²) < 4.78 is 10.7. The molecular formula is C15H17NO4. The third kappa shape index (κ3) is 2.36. The van der Waals surface area contributed by atoms with E-state index in [4.69, 9.17) is 14.3 Å². The van der Waals surface area contributed by atoms with E-state index in [1.165, 1.54) is 12.8 Å². The van der Waals surface area contributed by atoms with Crippen molar-refractivity contribution < 1.29 is 19.1 Å². The largest absolute Gasteiger partial charge is 0.493 e. The van der Waals surface area contributed by atoms with Crippen molar-refractivity contribution in [1.29, 1.82) is 0 Å². The smallest absolute Gasteiger partial charge is 0.371 e. The van der Waals surface area contributed by atoms with E-state index in [1.807, 2.05) is 12.1 Å². The predicted octanol–water partition coefficient (Wildman–Crippen LogP) is 2.74. The van der Waals surface area contributed by atoms with Gasteiger partial charge < -0.3 is 14.3 Å². The normalized spacial score (nSPS) is 15.8. The summed E-state index contributed by atoms with van der Waals surface area (Å²) >= 11 is 0. The number of furan rings is 1. The second-order valence-corrected chi connectivity index (χ2v) is 5.12. The first-order valence-corrected chi connectivity index (χ1v) is 6.73. The zero-order chi connectivity index (χ0) is 14.1. The highest BCUT2D eigenvalue weighted by Crippen LogP contribution is 2.31. The monoisotopic (exact) mass is 275 g/mol. The topological polar surface area (TPSA) is 62.9 Å². The predicted molar refractivity (Wildman–Crippen MR) is 74.2 cm³/mol. The van der Waals surface area contributed by atoms with Gasteiger partial charge in [-0.05, 0) is 49.7 Å². The van der Waals surface area contributed by atoms with Crippen molar-refractivity contribution in [3.8, 4) is 5.75 Å². The summed E-state index contributed by atoms with van der Waals surface area (Å²) in [5.74, 6) is -0.537. The molecule has 0 spiro atoms. The number of ether oxygens (including phenoxy) is 1. The summed E-state index contributed by atoms with van der Waals surface area (Å²) in [4.78, 5) is 13.4. The highest BCUT2D eigenvalue weighted by Gasteiger charge is 2.17. The van der Waals surface area contributed by atoms with Gasteiger partial charge in [0.25, 0.3) is 0 Å². The molecule has 2 heterocycles. The Bertz CT molecular complexity index is 641. The molecule has 106 valence electrons. The Morgan fingerprint density at radius 1 is 1.35 bits per heavy atom. The number of nitrogens with zero attached hydrogens (tertiary/aromatic N) is 1. The minimum atomic E-state index is -1.07. The zero-order valence-corrected chi connectivity index (χ0v) is 11.4. The fourth-order valence-corrected chi connectivity index (χ4v) is 2.73. The molecule has 1 saturated heterocycles. The van der Waals surface area contributed by atoms with Gasteiger partial charge in [-0.15, -0.1) is 0 Å². The second kappa shape index (κ2) is 5.17. The molecule has 5 nitrogen and oxygen atoms in total. The molecule has 0 unspecified atom stereocenters. The molecule has 3 rings (SSSR count). The molecule has 1 aromatic heterocycles. The molecule has 5 heteroatoms. The lowest BCUT2D eigenvalue weighted by Gasteiger charge is -2.15. The SMILES string of the molecule is COc1cc(CN2CCCC2)cc2cc(C(=O)O)oc12. The molecule has 20 heavy (non-hydrogen) atoms. The number of hydrogen-bond acceptors (Lipinski definition) is 4. The molecule has 0 amide bonds. The van der Waals surface area contributed by atoms with E-state index in [0.29, 0.717) is 11.3 Å². The van der Waals surface area contributed by atoms with Crippen LogP contribution in [0.3, 0.4) is 0 Å². The summed E-state index contributed by atoms with van der Waals surface area (Å²) in [6.07, 6.45) is 2.49. The number of carboxylic acid groups (broad SMARTS) is 1. The summed E-state index contributed by atoms with van der Waals surface area (Å²) in [5, 5.41) is 9.78. The molecular weight excluding hydrogens is 258 g/mol. The van der Waals surface area contributed by atoms with Crippen molar-refractivity contribution in [2.45, 2.75) is 19.4 Å². The van der Waals surface area contributed by atoms with Crippen LogP contribution < -0.4 is 4.74 Å². The van der Waals surface area contributed by atoms with Crippen LogP contribution in [0.4, 0.5) is 0 Å². The maximum absolute atomic E-state index is 11.0. The van der Waals surface area contributed by atoms with Crippen LogP contribution in [0.2, 0.25) is 0 Å². The molecule has 1 aromatic carbocycles. The molecule has 0 aliphatic carbocycles. The summed E-state index contributed by atoms with van der Waals surface area (Å²) in [6, 6.07) is 5.45. The third-order valence-corrected chi connectivity index (χ3v) is 3.68. The first-order chi connectivity index (χ1) is 9.67. The van der Waals surface area contributed by atoms with Gasteiger partial charge in [0.1, 0.15) is 0 Å². The lowest BCUT2D eigenvalue weighted by Crippen LogP contribution is -2.18. The second-order valence-electron chi connectivity index (χ2n) is 5.12. The highest BCUT2D eigenvalue weighted by atomic mass is 16.5. The van der Waals surface area contributed by atoms with Crippen molar-refractivity contribution in [1.82, 2.24) is 4.90 Å². The lowest BCUT2D eigenvalue weighted by molar-refractivity contribution is 0.0665. The van der Waals surface area contributed by atoms with Gasteiger partial charge in [-0.3, -0.25) is 4.90 Å². The minimum Gasteiger partial charge on any atom is -0.493 e. The average molecular weight is 275 g/mol. The number of carbonyl (C=O) groups is 1. The summed E-state index contributed by atoms with van der Waals surface area (Å²) in [5.41, 5.74) is 1.61. The molecule has 1 fully saturated rings. The highest BCUT2D eigenvalue weighted by molar-refractivity contribution is 5.93. The lowest BCUT2D eigenvalue weighted by atomic mass is 10.1. The first kappa shape index (κ1) is 13.0. The number of hydrogen-bond donors (Lipinski definition) is 1. The Hall–Kier alpha value is -2.01. The van der Waals surface area contributed by atoms with E-state index in [-0.39, 0.29) is 5.76 Å². The van der Waals surface area contributed by atoms with E-state index in [2.05, 4.69) is 4.90 Å². The van der Waals surface area contributed by atoms with E-state index in [0.717, 1.165) is 30.6 Å². The van der Waals surface area contributed by atoms with Gasteiger partial charge in [0.15, 0.2) is 11.3 Å². The van der Waals surface area contributed by atoms with Crippen LogP contribution in [-0.4, -0.2) is 36.2 Å². The fraction of sp³-hybridized carbons (Fsp3) is 0.400. The van der Waals surface area contributed by atoms with Crippen LogP contribution in [-0.2, 0) is 6.54 Å². The van der Waals surface area contributed by atoms with E-state index >= 15 is 0 Å². The summed E-state index contributed by atoms with van der Waals surface area (Å²) in [6.45, 7) is 3.10. The van der Waals surface area contributed by atoms with Gasteiger partial charge in [-0.1, -0.05) is 0 Å². The number of carboxylic acids is 1. The Kier molecular flexibility index (Phi) is 3.36. The van der Waals surface area contributed by atoms with Gasteiger partial charge in [0.05, 0.1) is 7.11 Å². The first-order valence-electron chi connectivity index (χ1n) is 6.73. The maximum atomic E-state index is 11.0. The van der Waals surface area contributed by atoms with Crippen molar-refractivity contribution in [2.75, 3.05) is 20.2 Å². The van der Waals surface area contributed by atoms with Gasteiger partial charge in [0, 0.05) is 11.9 Å². The Labute approximate surface area is 116 Å². The van der Waals surface area contributed by atoms with Gasteiger partial charge in [0.2, 0.25) is 5.76 Å². The van der Waals surface area contributed by atoms with Crippen LogP contribution in [0.15, 0.2) is 22.6 Å². The number of methoxy groups -OCH3 is 1. The molecule has 1 N–H and O–H groups in total. The van der Waals surface area contributed by atoms with Crippen LogP contribution in [0, 0.1) is 0 Å². The molecule has 1 aliphatic heterocycles. The molecule has 0 atom stereocenters. The van der Waals surface area contributed by atoms with Gasteiger partial charge in [-0.2, -0.15) is 0 Å². The number of fused-ring (bicyclic) bond motifs is 1. The minimum absolute atomic E-state index is 0.0587. The third-order valence-electron chi connectivity index (χ3n) is 3.68. The maximum Gasteiger partial charge on any atom is 0.371 e. The van der Waals surface area contributed by atoms with E-state index in [1.54, 1.807) is 13.2 Å². The van der Waals surface area contributed by atoms with E-state index < -0.39 is 5.97 Å². The number of likely N-dealkylation sites (tertiary alicyclic amines) is 1. The quantitative estimate of drug-likeness (QED) is 0.929. The standard InChI is InChI=1S/C15H17NO4/c1-19-12-7-10(9-16-4-2-3-5-16)6-11-8-13(15(17)18)20-14(11)12/h6-8H,2-5,9H2,1H3,(H,17,18). The Morgan fingerprint density at radius 2 is 2.10 bits per heavy atom.